The number of imidazole rings is 1. The van der Waals surface area contributed by atoms with Gasteiger partial charge in [-0.2, -0.15) is 0 Å². The minimum atomic E-state index is -0.897. The lowest BCUT2D eigenvalue weighted by Crippen LogP contribution is -2.31. The van der Waals surface area contributed by atoms with Gasteiger partial charge in [-0.05, 0) is 50.0 Å². The van der Waals surface area contributed by atoms with E-state index in [1.54, 1.807) is 18.2 Å². The number of hydrogen-bond donors (Lipinski definition) is 2. The number of nitrogens with zero attached hydrogens (tertiary/aromatic N) is 2. The van der Waals surface area contributed by atoms with Crippen molar-refractivity contribution in [3.05, 3.63) is 29.6 Å². The molecule has 0 saturated carbocycles. The number of piperidine rings is 1. The van der Waals surface area contributed by atoms with Crippen molar-refractivity contribution in [2.24, 2.45) is 13.0 Å². The Hall–Kier alpha value is -1.88. The largest absolute Gasteiger partial charge is 0.478 e. The van der Waals surface area contributed by atoms with E-state index >= 15 is 0 Å². The van der Waals surface area contributed by atoms with E-state index in [1.807, 2.05) is 11.6 Å². The Morgan fingerprint density at radius 1 is 1.55 bits per heavy atom. The Labute approximate surface area is 117 Å². The van der Waals surface area contributed by atoms with E-state index in [-0.39, 0.29) is 0 Å². The summed E-state index contributed by atoms with van der Waals surface area (Å²) in [5, 5.41) is 12.5. The first-order chi connectivity index (χ1) is 9.65. The molecule has 20 heavy (non-hydrogen) atoms. The van der Waals surface area contributed by atoms with Gasteiger partial charge < -0.3 is 15.0 Å². The molecule has 1 aromatic carbocycles. The van der Waals surface area contributed by atoms with Crippen LogP contribution in [0.2, 0.25) is 0 Å². The van der Waals surface area contributed by atoms with Crippen molar-refractivity contribution in [3.63, 3.8) is 0 Å². The lowest BCUT2D eigenvalue weighted by molar-refractivity contribution is 0.0697. The van der Waals surface area contributed by atoms with Gasteiger partial charge in [0.1, 0.15) is 5.82 Å². The number of hydrogen-bond acceptors (Lipinski definition) is 3. The number of carboxylic acid groups (broad SMARTS) is 1. The average Bonchev–Trinajstić information content (AvgIpc) is 2.76. The van der Waals surface area contributed by atoms with Crippen molar-refractivity contribution in [3.8, 4) is 0 Å². The maximum atomic E-state index is 11.0. The molecule has 5 heteroatoms. The zero-order chi connectivity index (χ0) is 14.1. The van der Waals surface area contributed by atoms with Crippen LogP contribution in [0, 0.1) is 5.92 Å². The molecule has 1 atom stereocenters. The first kappa shape index (κ1) is 13.1. The van der Waals surface area contributed by atoms with Crippen molar-refractivity contribution >= 4 is 17.0 Å². The Balaban J connectivity index is 1.91. The molecule has 0 aliphatic carbocycles. The van der Waals surface area contributed by atoms with Crippen molar-refractivity contribution in [2.75, 3.05) is 13.1 Å². The number of carbonyl (C=O) groups is 1. The second-order valence-corrected chi connectivity index (χ2v) is 5.51. The molecule has 1 unspecified atom stereocenters. The Morgan fingerprint density at radius 3 is 3.10 bits per heavy atom. The summed E-state index contributed by atoms with van der Waals surface area (Å²) in [5.41, 5.74) is 2.08. The summed E-state index contributed by atoms with van der Waals surface area (Å²) in [5.74, 6) is 0.764. The summed E-state index contributed by atoms with van der Waals surface area (Å²) in [6.45, 7) is 2.16. The molecule has 1 aliphatic heterocycles. The SMILES string of the molecule is Cn1c(CC2CCCNC2)nc2ccc(C(=O)O)cc21. The number of nitrogens with one attached hydrogen (secondary N) is 1. The standard InChI is InChI=1S/C15H19N3O2/c1-18-13-8-11(15(19)20)4-5-12(13)17-14(18)7-10-3-2-6-16-9-10/h4-5,8,10,16H,2-3,6-7,9H2,1H3,(H,19,20). The summed E-state index contributed by atoms with van der Waals surface area (Å²) in [7, 11) is 1.96. The molecule has 5 nitrogen and oxygen atoms in total. The molecule has 2 heterocycles. The number of aromatic carboxylic acids is 1. The van der Waals surface area contributed by atoms with Gasteiger partial charge in [-0.25, -0.2) is 9.78 Å². The predicted octanol–water partition coefficient (Wildman–Crippen LogP) is 1.81. The highest BCUT2D eigenvalue weighted by molar-refractivity contribution is 5.92. The van der Waals surface area contributed by atoms with E-state index in [9.17, 15) is 4.79 Å². The maximum Gasteiger partial charge on any atom is 0.335 e. The predicted molar refractivity (Wildman–Crippen MR) is 77.0 cm³/mol. The zero-order valence-electron chi connectivity index (χ0n) is 11.6. The quantitative estimate of drug-likeness (QED) is 0.895. The van der Waals surface area contributed by atoms with Crippen LogP contribution < -0.4 is 5.32 Å². The molecule has 2 aromatic rings. The highest BCUT2D eigenvalue weighted by Crippen LogP contribution is 2.21. The number of rotatable bonds is 3. The molecule has 3 rings (SSSR count). The molecular formula is C15H19N3O2. The lowest BCUT2D eigenvalue weighted by atomic mass is 9.96. The fourth-order valence-electron chi connectivity index (χ4n) is 2.91. The third kappa shape index (κ3) is 2.41. The fourth-order valence-corrected chi connectivity index (χ4v) is 2.91. The van der Waals surface area contributed by atoms with Crippen molar-refractivity contribution in [1.82, 2.24) is 14.9 Å². The lowest BCUT2D eigenvalue weighted by Gasteiger charge is -2.22. The van der Waals surface area contributed by atoms with Crippen LogP contribution >= 0.6 is 0 Å². The molecule has 0 spiro atoms. The topological polar surface area (TPSA) is 67.2 Å². The third-order valence-electron chi connectivity index (χ3n) is 4.09. The van der Waals surface area contributed by atoms with Crippen LogP contribution in [0.3, 0.4) is 0 Å². The Bertz CT molecular complexity index is 642. The number of fused-ring (bicyclic) bond motifs is 1. The molecule has 0 amide bonds. The molecule has 2 N–H and O–H groups in total. The minimum Gasteiger partial charge on any atom is -0.478 e. The summed E-state index contributed by atoms with van der Waals surface area (Å²) in [6.07, 6.45) is 3.40. The van der Waals surface area contributed by atoms with Crippen LogP contribution in [0.15, 0.2) is 18.2 Å². The molecule has 106 valence electrons. The first-order valence-corrected chi connectivity index (χ1v) is 7.04. The van der Waals surface area contributed by atoms with Gasteiger partial charge in [-0.3, -0.25) is 0 Å². The van der Waals surface area contributed by atoms with Gasteiger partial charge in [0.25, 0.3) is 0 Å². The van der Waals surface area contributed by atoms with Gasteiger partial charge in [0, 0.05) is 13.5 Å². The number of aryl methyl sites for hydroxylation is 1. The monoisotopic (exact) mass is 273 g/mol. The molecule has 1 aromatic heterocycles. The summed E-state index contributed by atoms with van der Waals surface area (Å²) in [4.78, 5) is 15.7. The summed E-state index contributed by atoms with van der Waals surface area (Å²) >= 11 is 0. The van der Waals surface area contributed by atoms with Gasteiger partial charge >= 0.3 is 5.97 Å². The fraction of sp³-hybridized carbons (Fsp3) is 0.467. The van der Waals surface area contributed by atoms with Crippen LogP contribution in [-0.4, -0.2) is 33.7 Å². The number of aromatic nitrogens is 2. The Kier molecular flexibility index (Phi) is 3.44. The Morgan fingerprint density at radius 2 is 2.40 bits per heavy atom. The van der Waals surface area contributed by atoms with E-state index in [0.717, 1.165) is 36.4 Å². The highest BCUT2D eigenvalue weighted by atomic mass is 16.4. The van der Waals surface area contributed by atoms with Crippen molar-refractivity contribution in [1.29, 1.82) is 0 Å². The average molecular weight is 273 g/mol. The molecule has 1 aliphatic rings. The molecular weight excluding hydrogens is 254 g/mol. The molecule has 1 saturated heterocycles. The van der Waals surface area contributed by atoms with Gasteiger partial charge in [0.05, 0.1) is 16.6 Å². The van der Waals surface area contributed by atoms with Crippen LogP contribution in [0.1, 0.15) is 29.0 Å². The van der Waals surface area contributed by atoms with E-state index in [0.29, 0.717) is 11.5 Å². The van der Waals surface area contributed by atoms with Crippen molar-refractivity contribution in [2.45, 2.75) is 19.3 Å². The van der Waals surface area contributed by atoms with Gasteiger partial charge in [0.2, 0.25) is 0 Å². The first-order valence-electron chi connectivity index (χ1n) is 7.04. The van der Waals surface area contributed by atoms with E-state index in [1.165, 1.54) is 12.8 Å². The molecule has 1 fully saturated rings. The number of carboxylic acids is 1. The summed E-state index contributed by atoms with van der Waals surface area (Å²) in [6, 6.07) is 5.11. The van der Waals surface area contributed by atoms with E-state index in [2.05, 4.69) is 10.3 Å². The minimum absolute atomic E-state index is 0.311. The van der Waals surface area contributed by atoms with Crippen LogP contribution in [0.5, 0.6) is 0 Å². The second kappa shape index (κ2) is 5.25. The van der Waals surface area contributed by atoms with Crippen molar-refractivity contribution < 1.29 is 9.90 Å². The smallest absolute Gasteiger partial charge is 0.335 e. The van der Waals surface area contributed by atoms with Crippen LogP contribution in [0.4, 0.5) is 0 Å². The molecule has 0 bridgehead atoms. The van der Waals surface area contributed by atoms with Crippen LogP contribution in [-0.2, 0) is 13.5 Å². The third-order valence-corrected chi connectivity index (χ3v) is 4.09. The van der Waals surface area contributed by atoms with Gasteiger partial charge in [-0.1, -0.05) is 0 Å². The number of benzene rings is 1. The highest BCUT2D eigenvalue weighted by Gasteiger charge is 2.17. The van der Waals surface area contributed by atoms with Gasteiger partial charge in [-0.15, -0.1) is 0 Å². The van der Waals surface area contributed by atoms with E-state index < -0.39 is 5.97 Å². The van der Waals surface area contributed by atoms with E-state index in [4.69, 9.17) is 5.11 Å². The van der Waals surface area contributed by atoms with Gasteiger partial charge in [0.15, 0.2) is 0 Å². The second-order valence-electron chi connectivity index (χ2n) is 5.51. The normalized spacial score (nSPS) is 19.4. The molecule has 0 radical (unpaired) electrons. The zero-order valence-corrected chi connectivity index (χ0v) is 11.6. The maximum absolute atomic E-state index is 11.0. The summed E-state index contributed by atoms with van der Waals surface area (Å²) < 4.78 is 2.02. The van der Waals surface area contributed by atoms with Crippen LogP contribution in [0.25, 0.3) is 11.0 Å².